The number of amidine groups is 1. The molecule has 0 fully saturated rings. The summed E-state index contributed by atoms with van der Waals surface area (Å²) in [5.41, 5.74) is 7.11. The number of aromatic nitrogens is 3. The molecule has 0 spiro atoms. The number of carbonyl (C=O) groups excluding carboxylic acids is 1. The van der Waals surface area contributed by atoms with Crippen molar-refractivity contribution in [3.63, 3.8) is 0 Å². The Morgan fingerprint density at radius 3 is 2.30 bits per heavy atom. The molecule has 0 aliphatic heterocycles. The number of rotatable bonds is 9. The van der Waals surface area contributed by atoms with Gasteiger partial charge in [-0.25, -0.2) is 14.7 Å². The van der Waals surface area contributed by atoms with Gasteiger partial charge in [0.2, 0.25) is 0 Å². The van der Waals surface area contributed by atoms with E-state index >= 15 is 0 Å². The van der Waals surface area contributed by atoms with Crippen molar-refractivity contribution < 1.29 is 62.1 Å². The van der Waals surface area contributed by atoms with Crippen LogP contribution in [-0.2, 0) is 4.79 Å². The number of nitrogens with one attached hydrogen (secondary N) is 1. The Morgan fingerprint density at radius 2 is 1.72 bits per heavy atom. The molecular weight excluding hydrogens is 596 g/mol. The molecule has 0 amide bonds. The first-order valence-corrected chi connectivity index (χ1v) is 13.2. The van der Waals surface area contributed by atoms with E-state index in [1.165, 1.54) is 35.3 Å². The molecular formula is C28H24F3N6NaO4S. The Hall–Kier alpha value is -3.85. The van der Waals surface area contributed by atoms with Crippen molar-refractivity contribution >= 4 is 34.8 Å². The summed E-state index contributed by atoms with van der Waals surface area (Å²) in [7, 11) is 1.58. The molecule has 1 heterocycles. The van der Waals surface area contributed by atoms with Gasteiger partial charge in [0.1, 0.15) is 17.8 Å². The van der Waals surface area contributed by atoms with Crippen molar-refractivity contribution in [1.29, 1.82) is 0 Å². The number of carboxylic acid groups (broad SMARTS) is 1. The van der Waals surface area contributed by atoms with Crippen molar-refractivity contribution in [2.24, 2.45) is 10.1 Å². The first-order chi connectivity index (χ1) is 20.0. The topological polar surface area (TPSA) is 126 Å². The number of alkyl halides is 3. The van der Waals surface area contributed by atoms with Crippen LogP contribution >= 0.6 is 11.8 Å². The van der Waals surface area contributed by atoms with Crippen LogP contribution in [0.2, 0.25) is 0 Å². The molecule has 43 heavy (non-hydrogen) atoms. The Bertz CT molecular complexity index is 1590. The normalized spacial score (nSPS) is 11.7. The van der Waals surface area contributed by atoms with Gasteiger partial charge in [-0.05, 0) is 66.9 Å². The second-order valence-corrected chi connectivity index (χ2v) is 9.70. The van der Waals surface area contributed by atoms with E-state index in [0.717, 1.165) is 28.5 Å². The number of carboxylic acids is 1. The maximum atomic E-state index is 12.4. The third-order valence-electron chi connectivity index (χ3n) is 5.61. The summed E-state index contributed by atoms with van der Waals surface area (Å²) in [5.74, 6) is -0.778. The van der Waals surface area contributed by atoms with Crippen molar-refractivity contribution in [3.8, 4) is 28.6 Å². The van der Waals surface area contributed by atoms with Gasteiger partial charge in [-0.1, -0.05) is 36.0 Å². The number of benzene rings is 3. The Balaban J connectivity index is 0.00000506. The number of aliphatic imine (C=N–C) groups is 1. The van der Waals surface area contributed by atoms with Gasteiger partial charge in [0, 0.05) is 11.3 Å². The zero-order valence-corrected chi connectivity index (χ0v) is 26.4. The minimum Gasteiger partial charge on any atom is -0.549 e. The summed E-state index contributed by atoms with van der Waals surface area (Å²) in [6, 6.07) is 16.1. The molecule has 4 aromatic rings. The number of hydrogen-bond donors (Lipinski definition) is 1. The van der Waals surface area contributed by atoms with E-state index in [-0.39, 0.29) is 46.2 Å². The van der Waals surface area contributed by atoms with Gasteiger partial charge in [0.15, 0.2) is 11.0 Å². The van der Waals surface area contributed by atoms with E-state index in [1.54, 1.807) is 37.6 Å². The predicted octanol–water partition coefficient (Wildman–Crippen LogP) is 1.56. The van der Waals surface area contributed by atoms with E-state index in [2.05, 4.69) is 30.3 Å². The summed E-state index contributed by atoms with van der Waals surface area (Å²) >= 11 is 0.946. The molecule has 0 unspecified atom stereocenters. The van der Waals surface area contributed by atoms with Crippen molar-refractivity contribution in [3.05, 3.63) is 83.7 Å². The van der Waals surface area contributed by atoms with Crippen LogP contribution in [0.5, 0.6) is 11.5 Å². The number of methoxy groups -OCH3 is 1. The zero-order chi connectivity index (χ0) is 30.3. The molecule has 1 N–H and O–H groups in total. The molecule has 218 valence electrons. The van der Waals surface area contributed by atoms with E-state index < -0.39 is 12.3 Å². The molecule has 3 aromatic carbocycles. The fourth-order valence-electron chi connectivity index (χ4n) is 3.73. The number of carbonyl (C=O) groups is 1. The smallest absolute Gasteiger partial charge is 0.549 e. The largest absolute Gasteiger partial charge is 1.00 e. The third-order valence-corrected chi connectivity index (χ3v) is 6.45. The van der Waals surface area contributed by atoms with E-state index in [9.17, 15) is 23.1 Å². The van der Waals surface area contributed by atoms with Crippen LogP contribution in [0.1, 0.15) is 16.7 Å². The average Bonchev–Trinajstić information content (AvgIpc) is 3.43. The third kappa shape index (κ3) is 9.85. The minimum atomic E-state index is -4.77. The SMILES string of the molecule is COc1cc(C)c(N=C(N/N=C\c2ccc(-c3ncn(-c4ccc(OC(F)(F)F)cc4)n3)cc2)SCC(=O)[O-])c(C)c1.[Na+]. The number of thioether (sulfide) groups is 1. The number of hydrazone groups is 1. The predicted molar refractivity (Wildman–Crippen MR) is 151 cm³/mol. The first-order valence-electron chi connectivity index (χ1n) is 12.2. The molecule has 0 aliphatic carbocycles. The zero-order valence-electron chi connectivity index (χ0n) is 23.5. The summed E-state index contributed by atoms with van der Waals surface area (Å²) in [6.45, 7) is 3.75. The van der Waals surface area contributed by atoms with Gasteiger partial charge in [-0.2, -0.15) is 5.10 Å². The van der Waals surface area contributed by atoms with E-state index in [1.807, 2.05) is 26.0 Å². The van der Waals surface area contributed by atoms with Gasteiger partial charge >= 0.3 is 35.9 Å². The second-order valence-electron chi connectivity index (χ2n) is 8.73. The Kier molecular flexibility index (Phi) is 11.8. The number of aryl methyl sites for hydroxylation is 2. The molecule has 1 aromatic heterocycles. The van der Waals surface area contributed by atoms with Crippen molar-refractivity contribution in [2.75, 3.05) is 12.9 Å². The van der Waals surface area contributed by atoms with Crippen molar-refractivity contribution in [2.45, 2.75) is 20.2 Å². The second kappa shape index (κ2) is 15.0. The molecule has 0 atom stereocenters. The van der Waals surface area contributed by atoms with Crippen LogP contribution in [0, 0.1) is 13.8 Å². The Morgan fingerprint density at radius 1 is 1.07 bits per heavy atom. The monoisotopic (exact) mass is 620 g/mol. The first kappa shape index (κ1) is 33.6. The van der Waals surface area contributed by atoms with Crippen LogP contribution < -0.4 is 49.6 Å². The van der Waals surface area contributed by atoms with Crippen LogP contribution in [0.3, 0.4) is 0 Å². The van der Waals surface area contributed by atoms with Crippen LogP contribution in [0.4, 0.5) is 18.9 Å². The quantitative estimate of drug-likeness (QED) is 0.129. The molecule has 0 saturated carbocycles. The molecule has 0 aliphatic rings. The Labute approximate surface area is 271 Å². The standard InChI is InChI=1S/C28H25F3N6O4S.Na/c1-17-12-23(40-3)13-18(2)25(17)34-27(42-15-24(38)39)35-33-14-19-4-6-20(7-5-19)26-32-16-37(36-26)21-8-10-22(11-9-21)41-28(29,30)31;/h4-14,16H,15H2,1-3H3,(H,34,35)(H,38,39);/q;+1/p-1/b33-14-;. The minimum absolute atomic E-state index is 0. The number of hydrogen-bond acceptors (Lipinski definition) is 9. The van der Waals surface area contributed by atoms with Crippen LogP contribution in [0.15, 0.2) is 77.1 Å². The van der Waals surface area contributed by atoms with Gasteiger partial charge in [-0.3, -0.25) is 5.43 Å². The van der Waals surface area contributed by atoms with Gasteiger partial charge in [0.05, 0.1) is 30.7 Å². The fourth-order valence-corrected chi connectivity index (χ4v) is 4.26. The van der Waals surface area contributed by atoms with Crippen LogP contribution in [-0.4, -0.2) is 51.3 Å². The fraction of sp³-hybridized carbons (Fsp3) is 0.179. The summed E-state index contributed by atoms with van der Waals surface area (Å²) < 4.78 is 47.7. The molecule has 0 saturated heterocycles. The molecule has 10 nitrogen and oxygen atoms in total. The molecule has 15 heteroatoms. The summed E-state index contributed by atoms with van der Waals surface area (Å²) in [4.78, 5) is 19.9. The molecule has 0 bridgehead atoms. The van der Waals surface area contributed by atoms with E-state index in [4.69, 9.17) is 4.74 Å². The average molecular weight is 621 g/mol. The van der Waals surface area contributed by atoms with Gasteiger partial charge < -0.3 is 19.4 Å². The van der Waals surface area contributed by atoms with E-state index in [0.29, 0.717) is 28.5 Å². The molecule has 4 rings (SSSR count). The van der Waals surface area contributed by atoms with Gasteiger partial charge in [-0.15, -0.1) is 18.3 Å². The summed E-state index contributed by atoms with van der Waals surface area (Å²) in [5, 5.41) is 19.9. The maximum absolute atomic E-state index is 12.4. The number of aliphatic carboxylic acids is 1. The number of ether oxygens (including phenoxy) is 2. The summed E-state index contributed by atoms with van der Waals surface area (Å²) in [6.07, 6.45) is -1.77. The van der Waals surface area contributed by atoms with Gasteiger partial charge in [0.25, 0.3) is 0 Å². The number of nitrogens with zero attached hydrogens (tertiary/aromatic N) is 5. The van der Waals surface area contributed by atoms with Crippen molar-refractivity contribution in [1.82, 2.24) is 20.2 Å². The molecule has 0 radical (unpaired) electrons. The number of halogens is 3. The maximum Gasteiger partial charge on any atom is 1.00 e. The van der Waals surface area contributed by atoms with Crippen LogP contribution in [0.25, 0.3) is 17.1 Å².